The number of rotatable bonds is 7. The molecule has 0 spiro atoms. The van der Waals surface area contributed by atoms with Crippen LogP contribution in [0.25, 0.3) is 0 Å². The molecule has 3 aromatic carbocycles. The highest BCUT2D eigenvalue weighted by Gasteiger charge is 2.37. The van der Waals surface area contributed by atoms with Gasteiger partial charge in [-0.05, 0) is 47.4 Å². The second-order valence-electron chi connectivity index (χ2n) is 10.0. The van der Waals surface area contributed by atoms with Crippen LogP contribution in [0, 0.1) is 5.92 Å². The molecule has 1 amide bonds. The number of carbonyl (C=O) groups is 1. The lowest BCUT2D eigenvalue weighted by Crippen LogP contribution is -2.47. The summed E-state index contributed by atoms with van der Waals surface area (Å²) in [7, 11) is 0. The number of nitrogens with zero attached hydrogens (tertiary/aromatic N) is 1. The van der Waals surface area contributed by atoms with Gasteiger partial charge in [0, 0.05) is 6.54 Å². The van der Waals surface area contributed by atoms with Crippen molar-refractivity contribution in [3.63, 3.8) is 0 Å². The minimum atomic E-state index is -0.748. The minimum Gasteiger partial charge on any atom is -0.386 e. The summed E-state index contributed by atoms with van der Waals surface area (Å²) in [4.78, 5) is 15.9. The van der Waals surface area contributed by atoms with Gasteiger partial charge in [0.1, 0.15) is 0 Å². The number of aliphatic hydroxyl groups is 1. The number of hydrogen-bond acceptors (Lipinski definition) is 3. The van der Waals surface area contributed by atoms with E-state index in [1.165, 1.54) is 43.2 Å². The van der Waals surface area contributed by atoms with Crippen LogP contribution in [-0.4, -0.2) is 29.0 Å². The number of fused-ring (bicyclic) bond motifs is 1. The first kappa shape index (κ1) is 23.8. The fourth-order valence-electron chi connectivity index (χ4n) is 6.05. The van der Waals surface area contributed by atoms with Crippen molar-refractivity contribution in [2.75, 3.05) is 13.1 Å². The molecule has 0 radical (unpaired) electrons. The minimum absolute atomic E-state index is 0.122. The third kappa shape index (κ3) is 5.34. The molecule has 1 aliphatic heterocycles. The van der Waals surface area contributed by atoms with Crippen molar-refractivity contribution in [1.29, 1.82) is 0 Å². The SMILES string of the molecule is O=C(CN[C@@H](c1ccccc1)[C@H](O)c1ccccc1)N1CCc2ccccc2C1C1CCCCC1. The quantitative estimate of drug-likeness (QED) is 0.464. The Morgan fingerprint density at radius 2 is 1.49 bits per heavy atom. The van der Waals surface area contributed by atoms with Gasteiger partial charge >= 0.3 is 0 Å². The summed E-state index contributed by atoms with van der Waals surface area (Å²) >= 11 is 0. The van der Waals surface area contributed by atoms with Crippen LogP contribution in [-0.2, 0) is 11.2 Å². The van der Waals surface area contributed by atoms with Crippen LogP contribution in [0.2, 0.25) is 0 Å². The molecule has 1 fully saturated rings. The maximum Gasteiger partial charge on any atom is 0.237 e. The molecule has 0 saturated heterocycles. The van der Waals surface area contributed by atoms with Gasteiger partial charge in [0.15, 0.2) is 0 Å². The highest BCUT2D eigenvalue weighted by molar-refractivity contribution is 5.79. The molecule has 2 aliphatic rings. The van der Waals surface area contributed by atoms with Crippen molar-refractivity contribution in [3.8, 4) is 0 Å². The molecule has 2 N–H and O–H groups in total. The molecule has 3 aromatic rings. The van der Waals surface area contributed by atoms with E-state index in [0.29, 0.717) is 5.92 Å². The van der Waals surface area contributed by atoms with Gasteiger partial charge in [0.05, 0.1) is 24.7 Å². The van der Waals surface area contributed by atoms with Gasteiger partial charge in [-0.15, -0.1) is 0 Å². The van der Waals surface area contributed by atoms with E-state index in [1.54, 1.807) is 0 Å². The number of carbonyl (C=O) groups excluding carboxylic acids is 1. The molecule has 0 bridgehead atoms. The van der Waals surface area contributed by atoms with E-state index in [-0.39, 0.29) is 24.5 Å². The molecule has 5 rings (SSSR count). The van der Waals surface area contributed by atoms with Crippen LogP contribution >= 0.6 is 0 Å². The van der Waals surface area contributed by atoms with Crippen molar-refractivity contribution >= 4 is 5.91 Å². The lowest BCUT2D eigenvalue weighted by molar-refractivity contribution is -0.135. The van der Waals surface area contributed by atoms with Gasteiger partial charge < -0.3 is 10.0 Å². The third-order valence-corrected chi connectivity index (χ3v) is 7.84. The number of hydrogen-bond donors (Lipinski definition) is 2. The summed E-state index contributed by atoms with van der Waals surface area (Å²) in [6.45, 7) is 0.963. The predicted octanol–water partition coefficient (Wildman–Crippen LogP) is 5.76. The van der Waals surface area contributed by atoms with Crippen molar-refractivity contribution in [1.82, 2.24) is 10.2 Å². The van der Waals surface area contributed by atoms with Gasteiger partial charge in [0.2, 0.25) is 5.91 Å². The van der Waals surface area contributed by atoms with Gasteiger partial charge in [0.25, 0.3) is 0 Å². The highest BCUT2D eigenvalue weighted by Crippen LogP contribution is 2.42. The van der Waals surface area contributed by atoms with Crippen molar-refractivity contribution in [2.24, 2.45) is 5.92 Å². The van der Waals surface area contributed by atoms with Crippen LogP contribution in [0.4, 0.5) is 0 Å². The molecule has 182 valence electrons. The first-order valence-electron chi connectivity index (χ1n) is 13.1. The van der Waals surface area contributed by atoms with E-state index in [4.69, 9.17) is 0 Å². The monoisotopic (exact) mass is 468 g/mol. The Bertz CT molecular complexity index is 1100. The molecule has 1 heterocycles. The fourth-order valence-corrected chi connectivity index (χ4v) is 6.05. The summed E-state index contributed by atoms with van der Waals surface area (Å²) in [5.74, 6) is 0.644. The summed E-state index contributed by atoms with van der Waals surface area (Å²) in [6.07, 6.45) is 6.34. The van der Waals surface area contributed by atoms with Gasteiger partial charge in [-0.25, -0.2) is 0 Å². The second kappa shape index (κ2) is 11.2. The third-order valence-electron chi connectivity index (χ3n) is 7.84. The fraction of sp³-hybridized carbons (Fsp3) is 0.387. The molecule has 35 heavy (non-hydrogen) atoms. The molecule has 1 unspecified atom stereocenters. The Morgan fingerprint density at radius 3 is 2.20 bits per heavy atom. The first-order valence-corrected chi connectivity index (χ1v) is 13.1. The topological polar surface area (TPSA) is 52.6 Å². The molecule has 0 aromatic heterocycles. The van der Waals surface area contributed by atoms with Crippen molar-refractivity contribution in [2.45, 2.75) is 56.7 Å². The van der Waals surface area contributed by atoms with Crippen molar-refractivity contribution < 1.29 is 9.90 Å². The molecule has 4 nitrogen and oxygen atoms in total. The Labute approximate surface area is 209 Å². The lowest BCUT2D eigenvalue weighted by Gasteiger charge is -2.43. The zero-order valence-corrected chi connectivity index (χ0v) is 20.4. The van der Waals surface area contributed by atoms with Crippen LogP contribution in [0.5, 0.6) is 0 Å². The standard InChI is InChI=1S/C31H36N2O2/c34-28(22-32-29(24-13-4-1-5-14-24)31(35)26-17-8-3-9-18-26)33-21-20-23-12-10-11-19-27(23)30(33)25-15-6-2-7-16-25/h1,3-5,8-14,17-19,25,29-32,35H,2,6-7,15-16,20-22H2/t29-,30?,31+/m0/s1. The van der Waals surface area contributed by atoms with Gasteiger partial charge in [-0.2, -0.15) is 0 Å². The second-order valence-corrected chi connectivity index (χ2v) is 10.0. The average Bonchev–Trinajstić information content (AvgIpc) is 2.94. The summed E-state index contributed by atoms with van der Waals surface area (Å²) in [5.41, 5.74) is 4.54. The maximum atomic E-state index is 13.7. The number of aliphatic hydroxyl groups excluding tert-OH is 1. The molecule has 1 saturated carbocycles. The first-order chi connectivity index (χ1) is 17.2. The lowest BCUT2D eigenvalue weighted by atomic mass is 9.77. The highest BCUT2D eigenvalue weighted by atomic mass is 16.3. The van der Waals surface area contributed by atoms with E-state index in [0.717, 1.165) is 24.1 Å². The van der Waals surface area contributed by atoms with Gasteiger partial charge in [-0.3, -0.25) is 10.1 Å². The zero-order chi connectivity index (χ0) is 24.0. The van der Waals surface area contributed by atoms with Crippen LogP contribution < -0.4 is 5.32 Å². The van der Waals surface area contributed by atoms with Crippen LogP contribution in [0.3, 0.4) is 0 Å². The maximum absolute atomic E-state index is 13.7. The summed E-state index contributed by atoms with van der Waals surface area (Å²) < 4.78 is 0. The predicted molar refractivity (Wildman–Crippen MR) is 140 cm³/mol. The van der Waals surface area contributed by atoms with Crippen LogP contribution in [0.1, 0.15) is 72.5 Å². The number of amides is 1. The molecular formula is C31H36N2O2. The zero-order valence-electron chi connectivity index (χ0n) is 20.4. The molecule has 1 aliphatic carbocycles. The number of benzene rings is 3. The Kier molecular flexibility index (Phi) is 7.60. The summed E-state index contributed by atoms with van der Waals surface area (Å²) in [6, 6.07) is 28.1. The van der Waals surface area contributed by atoms with Crippen molar-refractivity contribution in [3.05, 3.63) is 107 Å². The van der Waals surface area contributed by atoms with E-state index < -0.39 is 6.10 Å². The Balaban J connectivity index is 1.36. The number of nitrogens with one attached hydrogen (secondary N) is 1. The Morgan fingerprint density at radius 1 is 0.857 bits per heavy atom. The average molecular weight is 469 g/mol. The van der Waals surface area contributed by atoms with E-state index in [1.807, 2.05) is 60.7 Å². The van der Waals surface area contributed by atoms with E-state index in [2.05, 4.69) is 34.5 Å². The normalized spacial score (nSPS) is 20.1. The molecule has 4 heteroatoms. The molecule has 3 atom stereocenters. The van der Waals surface area contributed by atoms with Crippen LogP contribution in [0.15, 0.2) is 84.9 Å². The largest absolute Gasteiger partial charge is 0.386 e. The molecular weight excluding hydrogens is 432 g/mol. The summed E-state index contributed by atoms with van der Waals surface area (Å²) in [5, 5.41) is 14.7. The van der Waals surface area contributed by atoms with Gasteiger partial charge in [-0.1, -0.05) is 104 Å². The van der Waals surface area contributed by atoms with E-state index >= 15 is 0 Å². The smallest absolute Gasteiger partial charge is 0.237 e. The Hall–Kier alpha value is -2.95. The van der Waals surface area contributed by atoms with E-state index in [9.17, 15) is 9.90 Å².